The lowest BCUT2D eigenvalue weighted by Gasteiger charge is -2.60. The second kappa shape index (κ2) is 4.52. The Labute approximate surface area is 110 Å². The topological polar surface area (TPSA) is 45.1 Å². The van der Waals surface area contributed by atoms with Gasteiger partial charge in [-0.25, -0.2) is 0 Å². The van der Waals surface area contributed by atoms with Crippen molar-refractivity contribution in [2.75, 3.05) is 13.3 Å². The van der Waals surface area contributed by atoms with Gasteiger partial charge in [0.1, 0.15) is 6.73 Å². The highest BCUT2D eigenvalue weighted by atomic mass is 16.5. The van der Waals surface area contributed by atoms with Gasteiger partial charge in [-0.15, -0.1) is 0 Å². The van der Waals surface area contributed by atoms with Gasteiger partial charge in [0.2, 0.25) is 0 Å². The zero-order valence-electron chi connectivity index (χ0n) is 11.7. The third-order valence-corrected chi connectivity index (χ3v) is 5.90. The van der Waals surface area contributed by atoms with E-state index in [1.807, 2.05) is 0 Å². The van der Waals surface area contributed by atoms with Crippen molar-refractivity contribution in [1.29, 1.82) is 5.41 Å². The first-order chi connectivity index (χ1) is 8.58. The molecule has 0 aromatic heterocycles. The molecule has 0 aromatic carbocycles. The van der Waals surface area contributed by atoms with E-state index >= 15 is 0 Å². The summed E-state index contributed by atoms with van der Waals surface area (Å²) >= 11 is 0. The number of rotatable bonds is 4. The lowest BCUT2D eigenvalue weighted by atomic mass is 9.46. The number of hydrogen-bond donors (Lipinski definition) is 2. The van der Waals surface area contributed by atoms with Crippen molar-refractivity contribution < 1.29 is 4.74 Å². The summed E-state index contributed by atoms with van der Waals surface area (Å²) in [5.74, 6) is 4.25. The van der Waals surface area contributed by atoms with E-state index in [1.54, 1.807) is 6.92 Å². The monoisotopic (exact) mass is 250 g/mol. The molecule has 0 unspecified atom stereocenters. The fraction of sp³-hybridized carbons (Fsp3) is 0.933. The van der Waals surface area contributed by atoms with E-state index < -0.39 is 0 Å². The highest BCUT2D eigenvalue weighted by Gasteiger charge is 2.54. The highest BCUT2D eigenvalue weighted by Crippen LogP contribution is 2.61. The molecular formula is C15H26N2O. The van der Waals surface area contributed by atoms with Crippen LogP contribution in [0.2, 0.25) is 0 Å². The fourth-order valence-corrected chi connectivity index (χ4v) is 5.03. The highest BCUT2D eigenvalue weighted by molar-refractivity contribution is 5.69. The minimum atomic E-state index is 0.303. The minimum absolute atomic E-state index is 0.303. The molecule has 0 radical (unpaired) electrons. The summed E-state index contributed by atoms with van der Waals surface area (Å²) in [5.41, 5.74) is 0.479. The third-order valence-electron chi connectivity index (χ3n) is 5.90. The maximum atomic E-state index is 7.26. The molecule has 3 heteroatoms. The van der Waals surface area contributed by atoms with Gasteiger partial charge < -0.3 is 4.74 Å². The summed E-state index contributed by atoms with van der Waals surface area (Å²) in [4.78, 5) is 0. The van der Waals surface area contributed by atoms with Crippen LogP contribution in [0.25, 0.3) is 0 Å². The first-order valence-electron chi connectivity index (χ1n) is 7.46. The van der Waals surface area contributed by atoms with Crippen LogP contribution in [0.3, 0.4) is 0 Å². The summed E-state index contributed by atoms with van der Waals surface area (Å²) in [6.07, 6.45) is 7.39. The van der Waals surface area contributed by atoms with Crippen molar-refractivity contribution in [3.05, 3.63) is 0 Å². The molecule has 0 spiro atoms. The maximum Gasteiger partial charge on any atom is 0.179 e. The van der Waals surface area contributed by atoms with E-state index in [1.165, 1.54) is 32.1 Å². The van der Waals surface area contributed by atoms with Crippen molar-refractivity contribution in [3.63, 3.8) is 0 Å². The molecule has 0 atom stereocenters. The number of hydrogen-bond acceptors (Lipinski definition) is 3. The maximum absolute atomic E-state index is 7.26. The van der Waals surface area contributed by atoms with E-state index in [0.29, 0.717) is 18.0 Å². The second-order valence-corrected chi connectivity index (χ2v) is 7.08. The average molecular weight is 250 g/mol. The van der Waals surface area contributed by atoms with Crippen molar-refractivity contribution in [2.45, 2.75) is 46.0 Å². The van der Waals surface area contributed by atoms with E-state index in [0.717, 1.165) is 30.2 Å². The zero-order chi connectivity index (χ0) is 12.8. The largest absolute Gasteiger partial charge is 0.466 e. The Kier molecular flexibility index (Phi) is 3.13. The Balaban J connectivity index is 1.58. The summed E-state index contributed by atoms with van der Waals surface area (Å²) in [6.45, 7) is 5.74. The second-order valence-electron chi connectivity index (χ2n) is 7.08. The molecule has 4 rings (SSSR count). The molecule has 4 bridgehead atoms. The molecule has 0 aromatic rings. The van der Waals surface area contributed by atoms with Gasteiger partial charge in [0.05, 0.1) is 0 Å². The Bertz CT molecular complexity index is 311. The molecule has 18 heavy (non-hydrogen) atoms. The summed E-state index contributed by atoms with van der Waals surface area (Å²) in [5, 5.41) is 10.7. The van der Waals surface area contributed by atoms with E-state index in [4.69, 9.17) is 10.1 Å². The quantitative estimate of drug-likeness (QED) is 0.349. The van der Waals surface area contributed by atoms with Crippen LogP contribution in [0.15, 0.2) is 0 Å². The van der Waals surface area contributed by atoms with Gasteiger partial charge in [-0.3, -0.25) is 10.7 Å². The molecule has 4 aliphatic rings. The van der Waals surface area contributed by atoms with Crippen molar-refractivity contribution in [2.24, 2.45) is 29.1 Å². The molecule has 0 aliphatic heterocycles. The number of ether oxygens (including phenoxy) is 1. The fourth-order valence-electron chi connectivity index (χ4n) is 5.03. The van der Waals surface area contributed by atoms with Crippen LogP contribution >= 0.6 is 0 Å². The molecule has 0 amide bonds. The normalized spacial score (nSPS) is 45.2. The lowest BCUT2D eigenvalue weighted by molar-refractivity contribution is -0.0980. The van der Waals surface area contributed by atoms with Crippen LogP contribution < -0.4 is 5.32 Å². The molecule has 0 heterocycles. The lowest BCUT2D eigenvalue weighted by Crippen LogP contribution is -2.55. The van der Waals surface area contributed by atoms with Gasteiger partial charge in [-0.05, 0) is 61.2 Å². The van der Waals surface area contributed by atoms with Crippen molar-refractivity contribution in [1.82, 2.24) is 5.32 Å². The van der Waals surface area contributed by atoms with E-state index in [9.17, 15) is 0 Å². The van der Waals surface area contributed by atoms with Gasteiger partial charge in [-0.2, -0.15) is 0 Å². The van der Waals surface area contributed by atoms with Gasteiger partial charge >= 0.3 is 0 Å². The molecular weight excluding hydrogens is 224 g/mol. The summed E-state index contributed by atoms with van der Waals surface area (Å²) < 4.78 is 5.20. The van der Waals surface area contributed by atoms with Crippen LogP contribution in [0.5, 0.6) is 0 Å². The molecule has 102 valence electrons. The van der Waals surface area contributed by atoms with Gasteiger partial charge in [-0.1, -0.05) is 6.92 Å². The molecule has 2 N–H and O–H groups in total. The molecule has 4 saturated carbocycles. The van der Waals surface area contributed by atoms with Crippen LogP contribution in [-0.4, -0.2) is 19.2 Å². The Morgan fingerprint density at radius 2 is 1.72 bits per heavy atom. The summed E-state index contributed by atoms with van der Waals surface area (Å²) in [7, 11) is 0. The minimum Gasteiger partial charge on any atom is -0.466 e. The zero-order valence-corrected chi connectivity index (χ0v) is 11.7. The van der Waals surface area contributed by atoms with E-state index in [-0.39, 0.29) is 0 Å². The van der Waals surface area contributed by atoms with Crippen LogP contribution in [-0.2, 0) is 4.74 Å². The van der Waals surface area contributed by atoms with Crippen LogP contribution in [0.4, 0.5) is 0 Å². The van der Waals surface area contributed by atoms with Crippen molar-refractivity contribution >= 4 is 5.90 Å². The molecule has 3 nitrogen and oxygen atoms in total. The SMILES string of the molecule is CC(=N)OCNCC1(C)C2CC3CC(C2)CC1C3. The Morgan fingerprint density at radius 3 is 2.22 bits per heavy atom. The third kappa shape index (κ3) is 2.07. The van der Waals surface area contributed by atoms with E-state index in [2.05, 4.69) is 12.2 Å². The van der Waals surface area contributed by atoms with Crippen LogP contribution in [0.1, 0.15) is 46.0 Å². The Morgan fingerprint density at radius 1 is 1.17 bits per heavy atom. The first kappa shape index (κ1) is 12.5. The van der Waals surface area contributed by atoms with Gasteiger partial charge in [0.15, 0.2) is 5.90 Å². The van der Waals surface area contributed by atoms with Crippen LogP contribution in [0, 0.1) is 34.5 Å². The average Bonchev–Trinajstić information content (AvgIpc) is 2.31. The predicted octanol–water partition coefficient (Wildman–Crippen LogP) is 3.01. The molecule has 4 aliphatic carbocycles. The number of nitrogens with one attached hydrogen (secondary N) is 2. The Hall–Kier alpha value is -0.570. The van der Waals surface area contributed by atoms with Gasteiger partial charge in [0, 0.05) is 13.5 Å². The smallest absolute Gasteiger partial charge is 0.179 e. The summed E-state index contributed by atoms with van der Waals surface area (Å²) in [6, 6.07) is 0. The predicted molar refractivity (Wildman–Crippen MR) is 72.5 cm³/mol. The standard InChI is InChI=1S/C15H26N2O/c1-10(16)18-9-17-8-15(2)13-4-11-3-12(6-13)7-14(15)5-11/h11-14,16-17H,3-9H2,1-2H3. The molecule has 4 fully saturated rings. The van der Waals surface area contributed by atoms with Gasteiger partial charge in [0.25, 0.3) is 0 Å². The van der Waals surface area contributed by atoms with Crippen molar-refractivity contribution in [3.8, 4) is 0 Å². The molecule has 0 saturated heterocycles. The first-order valence-corrected chi connectivity index (χ1v) is 7.46.